The zero-order valence-corrected chi connectivity index (χ0v) is 18.1. The summed E-state index contributed by atoms with van der Waals surface area (Å²) in [5, 5.41) is 0. The molecule has 0 N–H and O–H groups in total. The Morgan fingerprint density at radius 1 is 0.514 bits per heavy atom. The van der Waals surface area contributed by atoms with Crippen molar-refractivity contribution in [1.29, 1.82) is 0 Å². The van der Waals surface area contributed by atoms with Crippen molar-refractivity contribution in [2.75, 3.05) is 6.61 Å². The van der Waals surface area contributed by atoms with E-state index in [0.29, 0.717) is 19.3 Å². The molecule has 0 radical (unpaired) electrons. The molecular weight excluding hydrogens is 562 g/mol. The zero-order chi connectivity index (χ0) is 28.5. The van der Waals surface area contributed by atoms with Gasteiger partial charge in [-0.3, -0.25) is 0 Å². The van der Waals surface area contributed by atoms with Crippen LogP contribution in [0.1, 0.15) is 44.9 Å². The van der Waals surface area contributed by atoms with Crippen LogP contribution in [0.5, 0.6) is 0 Å². The van der Waals surface area contributed by atoms with Gasteiger partial charge in [-0.2, -0.15) is 0 Å². The van der Waals surface area contributed by atoms with E-state index in [0.717, 1.165) is 0 Å². The first kappa shape index (κ1) is 33.9. The van der Waals surface area contributed by atoms with Crippen LogP contribution in [0.15, 0.2) is 12.7 Å². The van der Waals surface area contributed by atoms with Gasteiger partial charge < -0.3 is 0 Å². The molecule has 0 aromatic rings. The molecule has 0 atom stereocenters. The Hall–Kier alpha value is -1.06. The first-order valence-electron chi connectivity index (χ1n) is 9.38. The Balaban J connectivity index is 6.95. The Kier molecular flexibility index (Phi) is 9.07. The van der Waals surface area contributed by atoms with Crippen LogP contribution in [-0.2, 0) is 4.52 Å². The summed E-state index contributed by atoms with van der Waals surface area (Å²) in [4.78, 5) is 0. The van der Waals surface area contributed by atoms with Crippen molar-refractivity contribution in [3.63, 3.8) is 0 Å². The number of hydrogen-bond donors (Lipinski definition) is 0. The molecule has 0 heterocycles. The van der Waals surface area contributed by atoms with E-state index >= 15 is 8.39 Å². The van der Waals surface area contributed by atoms with Crippen molar-refractivity contribution >= 4 is 6.79 Å². The van der Waals surface area contributed by atoms with E-state index in [2.05, 4.69) is 11.1 Å². The molecule has 214 valence electrons. The van der Waals surface area contributed by atoms with Gasteiger partial charge in [0.2, 0.25) is 0 Å². The zero-order valence-electron chi connectivity index (χ0n) is 17.2. The summed E-state index contributed by atoms with van der Waals surface area (Å²) < 4.78 is 231. The second-order valence-corrected chi connectivity index (χ2v) is 12.0. The third-order valence-electron chi connectivity index (χ3n) is 5.03. The molecule has 19 heteroatoms. The van der Waals surface area contributed by atoms with Crippen LogP contribution in [0, 0.1) is 0 Å². The first-order chi connectivity index (χ1) is 15.2. The predicted molar refractivity (Wildman–Crippen MR) is 90.6 cm³/mol. The van der Waals surface area contributed by atoms with Crippen molar-refractivity contribution < 1.29 is 78.8 Å². The summed E-state index contributed by atoms with van der Waals surface area (Å²) in [6, 6.07) is 0. The van der Waals surface area contributed by atoms with E-state index < -0.39 is 61.8 Å². The molecule has 0 spiro atoms. The quantitative estimate of drug-likeness (QED) is 0.0911. The molecule has 0 aliphatic heterocycles. The normalized spacial score (nSPS) is 17.2. The molecule has 0 aromatic carbocycles. The van der Waals surface area contributed by atoms with Crippen LogP contribution in [0.2, 0.25) is 0 Å². The minimum atomic E-state index is -14.2. The second-order valence-electron chi connectivity index (χ2n) is 7.47. The van der Waals surface area contributed by atoms with E-state index in [-0.39, 0.29) is 12.8 Å². The van der Waals surface area contributed by atoms with Gasteiger partial charge in [-0.05, 0) is 0 Å². The van der Waals surface area contributed by atoms with Crippen LogP contribution in [0.25, 0.3) is 0 Å². The van der Waals surface area contributed by atoms with Gasteiger partial charge >= 0.3 is 185 Å². The van der Waals surface area contributed by atoms with Crippen molar-refractivity contribution in [3.05, 3.63) is 12.7 Å². The Morgan fingerprint density at radius 3 is 1.09 bits per heavy atom. The van der Waals surface area contributed by atoms with Gasteiger partial charge in [-0.15, -0.1) is 0 Å². The van der Waals surface area contributed by atoms with Gasteiger partial charge in [0, 0.05) is 0 Å². The van der Waals surface area contributed by atoms with E-state index in [9.17, 15) is 65.9 Å². The fourth-order valence-electron chi connectivity index (χ4n) is 2.96. The molecular formula is C16H19F17OP-. The number of alkyl halides is 15. The Labute approximate surface area is 186 Å². The third-order valence-corrected chi connectivity index (χ3v) is 10.2. The van der Waals surface area contributed by atoms with Gasteiger partial charge in [0.25, 0.3) is 0 Å². The number of hydrogen-bond acceptors (Lipinski definition) is 1. The molecule has 0 amide bonds. The van der Waals surface area contributed by atoms with Crippen LogP contribution < -0.4 is 0 Å². The summed E-state index contributed by atoms with van der Waals surface area (Å²) >= 11 is 0. The average molecular weight is 581 g/mol. The number of halogens is 17. The van der Waals surface area contributed by atoms with Crippen LogP contribution in [0.3, 0.4) is 0 Å². The summed E-state index contributed by atoms with van der Waals surface area (Å²) in [6.07, 6.45) is -24.7. The molecule has 35 heavy (non-hydrogen) atoms. The van der Waals surface area contributed by atoms with Crippen molar-refractivity contribution in [1.82, 2.24) is 0 Å². The summed E-state index contributed by atoms with van der Waals surface area (Å²) in [7, 11) is 0. The SMILES string of the molecule is C=CCCCCCCCCO[P-](F)(F)(C(F)(F)C(F)(F)F)(C(F)(F)C(F)(F)F)C(F)(F)C(F)(F)F. The van der Waals surface area contributed by atoms with Crippen LogP contribution in [-0.4, -0.2) is 42.1 Å². The molecule has 0 bridgehead atoms. The van der Waals surface area contributed by atoms with E-state index in [1.165, 1.54) is 6.08 Å². The molecule has 0 saturated heterocycles. The fraction of sp³-hybridized carbons (Fsp3) is 0.875. The first-order valence-corrected chi connectivity index (χ1v) is 11.8. The summed E-state index contributed by atoms with van der Waals surface area (Å²) in [5.74, 6) is 0. The van der Waals surface area contributed by atoms with Gasteiger partial charge in [0.05, 0.1) is 0 Å². The molecule has 0 aliphatic rings. The second kappa shape index (κ2) is 9.35. The van der Waals surface area contributed by atoms with Gasteiger partial charge in [-0.1, -0.05) is 0 Å². The monoisotopic (exact) mass is 581 g/mol. The number of allylic oxidation sites excluding steroid dienone is 1. The fourth-order valence-corrected chi connectivity index (χ4v) is 6.70. The maximum atomic E-state index is 15.2. The maximum absolute atomic E-state index is 15.2. The summed E-state index contributed by atoms with van der Waals surface area (Å²) in [6.45, 7) is -13.7. The van der Waals surface area contributed by atoms with Crippen molar-refractivity contribution in [2.24, 2.45) is 0 Å². The predicted octanol–water partition coefficient (Wildman–Crippen LogP) is 10.2. The summed E-state index contributed by atoms with van der Waals surface area (Å²) in [5.41, 5.74) is -28.0. The van der Waals surface area contributed by atoms with Crippen LogP contribution >= 0.6 is 6.79 Å². The molecule has 0 rings (SSSR count). The van der Waals surface area contributed by atoms with Crippen LogP contribution in [0.4, 0.5) is 74.3 Å². The molecule has 0 unspecified atom stereocenters. The molecule has 0 fully saturated rings. The van der Waals surface area contributed by atoms with Crippen molar-refractivity contribution in [3.8, 4) is 0 Å². The molecule has 0 saturated carbocycles. The Morgan fingerprint density at radius 2 is 0.800 bits per heavy atom. The van der Waals surface area contributed by atoms with E-state index in [1.807, 2.05) is 0 Å². The molecule has 1 nitrogen and oxygen atoms in total. The average Bonchev–Trinajstić information content (AvgIpc) is 2.64. The van der Waals surface area contributed by atoms with E-state index in [4.69, 9.17) is 0 Å². The third kappa shape index (κ3) is 4.37. The van der Waals surface area contributed by atoms with Gasteiger partial charge in [-0.25, -0.2) is 0 Å². The number of rotatable bonds is 13. The molecule has 0 aromatic heterocycles. The van der Waals surface area contributed by atoms with Crippen molar-refractivity contribution in [2.45, 2.75) is 80.5 Å². The Bertz CT molecular complexity index is 673. The van der Waals surface area contributed by atoms with Gasteiger partial charge in [0.15, 0.2) is 0 Å². The minimum absolute atomic E-state index is 0.154. The number of unbranched alkanes of at least 4 members (excludes halogenated alkanes) is 6. The standard InChI is InChI=1S/C16H19F17OP/c1-2-3-4-5-6-7-8-9-10-34-35(32,33,14(26,27)11(17,18)19,15(28,29)12(20,21)22)16(30,31)13(23,24)25/h2H,1,3-10H2/q-1. The van der Waals surface area contributed by atoms with E-state index in [1.54, 1.807) is 0 Å². The van der Waals surface area contributed by atoms with Gasteiger partial charge in [0.1, 0.15) is 0 Å². The topological polar surface area (TPSA) is 9.23 Å². The molecule has 0 aliphatic carbocycles.